The summed E-state index contributed by atoms with van der Waals surface area (Å²) < 4.78 is 0. The summed E-state index contributed by atoms with van der Waals surface area (Å²) in [7, 11) is 0. The summed E-state index contributed by atoms with van der Waals surface area (Å²) in [5, 5.41) is 8.71. The maximum Gasteiger partial charge on any atom is 0.253 e. The maximum atomic E-state index is 12.7. The van der Waals surface area contributed by atoms with Gasteiger partial charge in [-0.05, 0) is 67.8 Å². The third-order valence-corrected chi connectivity index (χ3v) is 5.41. The van der Waals surface area contributed by atoms with Crippen molar-refractivity contribution in [2.24, 2.45) is 0 Å². The van der Waals surface area contributed by atoms with Crippen LogP contribution in [0, 0.1) is 0 Å². The van der Waals surface area contributed by atoms with Crippen molar-refractivity contribution in [2.45, 2.75) is 45.4 Å². The molecule has 3 N–H and O–H groups in total. The lowest BCUT2D eigenvalue weighted by molar-refractivity contribution is -0.116. The second-order valence-electron chi connectivity index (χ2n) is 8.06. The first-order chi connectivity index (χ1) is 15.5. The lowest BCUT2D eigenvalue weighted by Gasteiger charge is -2.20. The number of carbonyl (C=O) groups is 3. The van der Waals surface area contributed by atoms with E-state index in [1.165, 1.54) is 12.8 Å². The quantitative estimate of drug-likeness (QED) is 0.569. The standard InChI is InChI=1S/C25H32N4O3/c1-2-7-23(30)27-21-12-14-22(15-13-21)28-24(31)18-26-20-10-8-19(9-11-20)25(32)29-16-5-3-4-6-17-29/h8-15,26H,2-7,16-18H2,1H3,(H,27,30)(H,28,31). The van der Waals surface area contributed by atoms with Gasteiger partial charge in [0.15, 0.2) is 0 Å². The van der Waals surface area contributed by atoms with Gasteiger partial charge in [0.25, 0.3) is 5.91 Å². The van der Waals surface area contributed by atoms with Gasteiger partial charge in [-0.15, -0.1) is 0 Å². The minimum atomic E-state index is -0.183. The maximum absolute atomic E-state index is 12.7. The molecular weight excluding hydrogens is 404 g/mol. The fourth-order valence-corrected chi connectivity index (χ4v) is 3.66. The zero-order valence-electron chi connectivity index (χ0n) is 18.7. The van der Waals surface area contributed by atoms with Crippen LogP contribution in [-0.2, 0) is 9.59 Å². The highest BCUT2D eigenvalue weighted by Gasteiger charge is 2.17. The van der Waals surface area contributed by atoms with Gasteiger partial charge in [-0.1, -0.05) is 19.8 Å². The highest BCUT2D eigenvalue weighted by Crippen LogP contribution is 2.16. The minimum absolute atomic E-state index is 0.0207. The van der Waals surface area contributed by atoms with Crippen molar-refractivity contribution >= 4 is 34.8 Å². The van der Waals surface area contributed by atoms with E-state index in [1.807, 2.05) is 24.0 Å². The minimum Gasteiger partial charge on any atom is -0.376 e. The Balaban J connectivity index is 1.45. The zero-order valence-corrected chi connectivity index (χ0v) is 18.7. The SMILES string of the molecule is CCCC(=O)Nc1ccc(NC(=O)CNc2ccc(C(=O)N3CCCCCC3)cc2)cc1. The average molecular weight is 437 g/mol. The van der Waals surface area contributed by atoms with Crippen molar-refractivity contribution < 1.29 is 14.4 Å². The van der Waals surface area contributed by atoms with E-state index in [0.29, 0.717) is 23.4 Å². The number of anilines is 3. The van der Waals surface area contributed by atoms with Crippen LogP contribution < -0.4 is 16.0 Å². The Kier molecular flexibility index (Phi) is 8.66. The van der Waals surface area contributed by atoms with Crippen LogP contribution in [0.4, 0.5) is 17.1 Å². The van der Waals surface area contributed by atoms with Gasteiger partial charge < -0.3 is 20.9 Å². The number of hydrogen-bond donors (Lipinski definition) is 3. The van der Waals surface area contributed by atoms with E-state index in [2.05, 4.69) is 16.0 Å². The molecule has 1 heterocycles. The number of hydrogen-bond acceptors (Lipinski definition) is 4. The normalized spacial score (nSPS) is 13.7. The summed E-state index contributed by atoms with van der Waals surface area (Å²) in [5.74, 6) is -0.129. The van der Waals surface area contributed by atoms with Crippen LogP contribution in [-0.4, -0.2) is 42.3 Å². The van der Waals surface area contributed by atoms with Gasteiger partial charge in [-0.3, -0.25) is 14.4 Å². The van der Waals surface area contributed by atoms with E-state index in [4.69, 9.17) is 0 Å². The molecule has 32 heavy (non-hydrogen) atoms. The van der Waals surface area contributed by atoms with Gasteiger partial charge >= 0.3 is 0 Å². The molecule has 170 valence electrons. The lowest BCUT2D eigenvalue weighted by Crippen LogP contribution is -2.31. The molecule has 0 spiro atoms. The van der Waals surface area contributed by atoms with Crippen molar-refractivity contribution in [1.82, 2.24) is 4.90 Å². The monoisotopic (exact) mass is 436 g/mol. The molecule has 7 heteroatoms. The molecule has 0 atom stereocenters. The van der Waals surface area contributed by atoms with Crippen LogP contribution >= 0.6 is 0 Å². The second-order valence-corrected chi connectivity index (χ2v) is 8.06. The van der Waals surface area contributed by atoms with E-state index >= 15 is 0 Å². The average Bonchev–Trinajstić information content (AvgIpc) is 3.09. The molecular formula is C25H32N4O3. The van der Waals surface area contributed by atoms with E-state index in [1.54, 1.807) is 36.4 Å². The molecule has 7 nitrogen and oxygen atoms in total. The molecule has 2 aromatic rings. The summed E-state index contributed by atoms with van der Waals surface area (Å²) >= 11 is 0. The number of benzene rings is 2. The van der Waals surface area contributed by atoms with E-state index in [0.717, 1.165) is 38.0 Å². The van der Waals surface area contributed by atoms with E-state index in [9.17, 15) is 14.4 Å². The van der Waals surface area contributed by atoms with Gasteiger partial charge in [-0.25, -0.2) is 0 Å². The van der Waals surface area contributed by atoms with Crippen LogP contribution in [0.5, 0.6) is 0 Å². The Bertz CT molecular complexity index is 902. The molecule has 0 bridgehead atoms. The molecule has 1 aliphatic rings. The fourth-order valence-electron chi connectivity index (χ4n) is 3.66. The first-order valence-corrected chi connectivity index (χ1v) is 11.4. The Morgan fingerprint density at radius 1 is 0.750 bits per heavy atom. The van der Waals surface area contributed by atoms with Crippen molar-refractivity contribution in [3.63, 3.8) is 0 Å². The molecule has 1 aliphatic heterocycles. The molecule has 3 amide bonds. The number of nitrogens with zero attached hydrogens (tertiary/aromatic N) is 1. The van der Waals surface area contributed by atoms with Crippen molar-refractivity contribution in [3.8, 4) is 0 Å². The number of rotatable bonds is 8. The van der Waals surface area contributed by atoms with Crippen molar-refractivity contribution in [2.75, 3.05) is 35.6 Å². The Morgan fingerprint density at radius 2 is 1.28 bits per heavy atom. The molecule has 0 aromatic heterocycles. The Labute approximate surface area is 189 Å². The smallest absolute Gasteiger partial charge is 0.253 e. The highest BCUT2D eigenvalue weighted by atomic mass is 16.2. The lowest BCUT2D eigenvalue weighted by atomic mass is 10.1. The van der Waals surface area contributed by atoms with Crippen molar-refractivity contribution in [1.29, 1.82) is 0 Å². The summed E-state index contributed by atoms with van der Waals surface area (Å²) in [6.07, 6.45) is 5.79. The largest absolute Gasteiger partial charge is 0.376 e. The zero-order chi connectivity index (χ0) is 22.8. The topological polar surface area (TPSA) is 90.5 Å². The number of nitrogens with one attached hydrogen (secondary N) is 3. The Morgan fingerprint density at radius 3 is 1.84 bits per heavy atom. The van der Waals surface area contributed by atoms with Gasteiger partial charge in [0.2, 0.25) is 11.8 Å². The predicted molar refractivity (Wildman–Crippen MR) is 128 cm³/mol. The Hall–Kier alpha value is -3.35. The second kappa shape index (κ2) is 11.9. The van der Waals surface area contributed by atoms with Gasteiger partial charge in [0, 0.05) is 42.1 Å². The first-order valence-electron chi connectivity index (χ1n) is 11.4. The molecule has 3 rings (SSSR count). The molecule has 0 saturated carbocycles. The van der Waals surface area contributed by atoms with Crippen LogP contribution in [0.25, 0.3) is 0 Å². The van der Waals surface area contributed by atoms with Gasteiger partial charge in [0.05, 0.1) is 6.54 Å². The van der Waals surface area contributed by atoms with E-state index < -0.39 is 0 Å². The number of amides is 3. The third-order valence-electron chi connectivity index (χ3n) is 5.41. The molecule has 0 radical (unpaired) electrons. The van der Waals surface area contributed by atoms with Gasteiger partial charge in [0.1, 0.15) is 0 Å². The molecule has 1 fully saturated rings. The van der Waals surface area contributed by atoms with Crippen LogP contribution in [0.3, 0.4) is 0 Å². The van der Waals surface area contributed by atoms with Crippen molar-refractivity contribution in [3.05, 3.63) is 54.1 Å². The summed E-state index contributed by atoms with van der Waals surface area (Å²) in [5.41, 5.74) is 2.81. The van der Waals surface area contributed by atoms with Crippen LogP contribution in [0.1, 0.15) is 55.8 Å². The summed E-state index contributed by atoms with van der Waals surface area (Å²) in [4.78, 5) is 38.5. The van der Waals surface area contributed by atoms with Crippen LogP contribution in [0.2, 0.25) is 0 Å². The van der Waals surface area contributed by atoms with Crippen LogP contribution in [0.15, 0.2) is 48.5 Å². The molecule has 1 saturated heterocycles. The van der Waals surface area contributed by atoms with Gasteiger partial charge in [-0.2, -0.15) is 0 Å². The highest BCUT2D eigenvalue weighted by molar-refractivity contribution is 5.96. The molecule has 0 unspecified atom stereocenters. The van der Waals surface area contributed by atoms with E-state index in [-0.39, 0.29) is 24.3 Å². The predicted octanol–water partition coefficient (Wildman–Crippen LogP) is 4.49. The summed E-state index contributed by atoms with van der Waals surface area (Å²) in [6.45, 7) is 3.71. The number of carbonyl (C=O) groups excluding carboxylic acids is 3. The summed E-state index contributed by atoms with van der Waals surface area (Å²) in [6, 6.07) is 14.3. The molecule has 0 aliphatic carbocycles. The number of likely N-dealkylation sites (tertiary alicyclic amines) is 1. The third kappa shape index (κ3) is 7.11. The fraction of sp³-hybridized carbons (Fsp3) is 0.400. The molecule has 2 aromatic carbocycles. The first kappa shape index (κ1) is 23.3.